The van der Waals surface area contributed by atoms with E-state index in [1.165, 1.54) is 24.3 Å². The van der Waals surface area contributed by atoms with Gasteiger partial charge in [0.05, 0.1) is 22.5 Å². The van der Waals surface area contributed by atoms with E-state index in [-0.39, 0.29) is 12.1 Å². The first kappa shape index (κ1) is 41.0. The number of nitriles is 6. The summed E-state index contributed by atoms with van der Waals surface area (Å²) >= 11 is 0. The number of allylic oxidation sites excluding steroid dienone is 8. The van der Waals surface area contributed by atoms with E-state index in [9.17, 15) is 84.3 Å². The van der Waals surface area contributed by atoms with Gasteiger partial charge in [-0.3, -0.25) is 0 Å². The minimum atomic E-state index is -5.57. The average Bonchev–Trinajstić information content (AvgIpc) is 3.57. The standard InChI is InChI=1S/C34H6F12N8O4/c35-31(36,37)55-15-1-23(53-25(3-15)57-33(41,42)43)29-21(11-51)17-5-20-18(6-19(17)27(29)13(7-47)8-48)22(12-52)30(28(20)14(9-49)10-50)24-2-16(56-32(38,39)40)4-26(54-24)58-34(44,45)46/h1-6H. The zero-order chi connectivity index (χ0) is 43.1. The number of halogens is 12. The summed E-state index contributed by atoms with van der Waals surface area (Å²) in [6, 6.07) is 11.6. The van der Waals surface area contributed by atoms with E-state index in [2.05, 4.69) is 28.9 Å². The molecule has 0 saturated carbocycles. The molecule has 2 aromatic heterocycles. The van der Waals surface area contributed by atoms with Crippen LogP contribution in [0.25, 0.3) is 33.4 Å². The second kappa shape index (κ2) is 14.5. The summed E-state index contributed by atoms with van der Waals surface area (Å²) < 4.78 is 174. The number of rotatable bonds is 6. The molecule has 0 atom stereocenters. The molecule has 58 heavy (non-hydrogen) atoms. The highest BCUT2D eigenvalue weighted by atomic mass is 19.4. The van der Waals surface area contributed by atoms with Crippen molar-refractivity contribution in [3.05, 3.63) is 81.2 Å². The van der Waals surface area contributed by atoms with Crippen molar-refractivity contribution in [2.24, 2.45) is 0 Å². The van der Waals surface area contributed by atoms with Crippen molar-refractivity contribution in [3.63, 3.8) is 0 Å². The van der Waals surface area contributed by atoms with Gasteiger partial charge in [0.15, 0.2) is 0 Å². The van der Waals surface area contributed by atoms with Gasteiger partial charge in [-0.2, -0.15) is 31.6 Å². The maximum Gasteiger partial charge on any atom is 0.574 e. The number of ether oxygens (including phenoxy) is 4. The summed E-state index contributed by atoms with van der Waals surface area (Å²) in [5.41, 5.74) is -10.2. The van der Waals surface area contributed by atoms with Crippen molar-refractivity contribution >= 4 is 33.4 Å². The van der Waals surface area contributed by atoms with Crippen LogP contribution in [0.3, 0.4) is 0 Å². The Morgan fingerprint density at radius 2 is 0.741 bits per heavy atom. The molecule has 0 radical (unpaired) electrons. The second-order valence-corrected chi connectivity index (χ2v) is 10.9. The molecule has 1 aromatic carbocycles. The molecule has 2 aliphatic carbocycles. The van der Waals surface area contributed by atoms with Crippen LogP contribution >= 0.6 is 0 Å². The number of pyridine rings is 2. The predicted octanol–water partition coefficient (Wildman–Crippen LogP) is 8.57. The number of nitrogens with zero attached hydrogens (tertiary/aromatic N) is 8. The van der Waals surface area contributed by atoms with Crippen LogP contribution in [-0.2, 0) is 0 Å². The average molecular weight is 818 g/mol. The fraction of sp³-hybridized carbons (Fsp3) is 0.118. The minimum Gasteiger partial charge on any atom is -0.406 e. The fourth-order valence-electron chi connectivity index (χ4n) is 5.70. The monoisotopic (exact) mass is 818 g/mol. The highest BCUT2D eigenvalue weighted by Crippen LogP contribution is 2.55. The normalized spacial score (nSPS) is 13.6. The molecule has 0 unspecified atom stereocenters. The Morgan fingerprint density at radius 1 is 0.431 bits per heavy atom. The molecule has 3 aromatic rings. The Kier molecular flexibility index (Phi) is 10.2. The highest BCUT2D eigenvalue weighted by molar-refractivity contribution is 6.29. The van der Waals surface area contributed by atoms with E-state index in [0.717, 1.165) is 12.1 Å². The summed E-state index contributed by atoms with van der Waals surface area (Å²) in [4.78, 5) is 7.02. The largest absolute Gasteiger partial charge is 0.574 e. The van der Waals surface area contributed by atoms with Crippen molar-refractivity contribution in [1.82, 2.24) is 9.97 Å². The Labute approximate surface area is 313 Å². The van der Waals surface area contributed by atoms with Gasteiger partial charge in [-0.1, -0.05) is 0 Å². The van der Waals surface area contributed by atoms with Crippen LogP contribution in [0.2, 0.25) is 0 Å². The van der Waals surface area contributed by atoms with Crippen LogP contribution in [0, 0.1) is 68.0 Å². The summed E-state index contributed by atoms with van der Waals surface area (Å²) in [6.45, 7) is 0. The van der Waals surface area contributed by atoms with Crippen LogP contribution in [0.15, 0.2) is 47.5 Å². The van der Waals surface area contributed by atoms with Crippen molar-refractivity contribution in [2.45, 2.75) is 25.4 Å². The first-order valence-corrected chi connectivity index (χ1v) is 14.6. The second-order valence-electron chi connectivity index (χ2n) is 10.9. The molecule has 2 aliphatic rings. The number of hydrogen-bond acceptors (Lipinski definition) is 12. The molecule has 0 bridgehead atoms. The summed E-state index contributed by atoms with van der Waals surface area (Å²) in [5, 5.41) is 60.2. The summed E-state index contributed by atoms with van der Waals surface area (Å²) in [5.74, 6) is -5.97. The van der Waals surface area contributed by atoms with Crippen LogP contribution in [0.4, 0.5) is 52.7 Å². The third kappa shape index (κ3) is 8.37. The Morgan fingerprint density at radius 3 is 1.00 bits per heavy atom. The number of benzene rings is 1. The zero-order valence-electron chi connectivity index (χ0n) is 27.2. The topological polar surface area (TPSA) is 205 Å². The number of alkyl halides is 12. The molecule has 0 fully saturated rings. The third-order valence-corrected chi connectivity index (χ3v) is 7.38. The van der Waals surface area contributed by atoms with Gasteiger partial charge in [0.1, 0.15) is 59.1 Å². The van der Waals surface area contributed by atoms with Gasteiger partial charge < -0.3 is 18.9 Å². The Bertz CT molecular complexity index is 2410. The van der Waals surface area contributed by atoms with E-state index < -0.39 is 127 Å². The van der Waals surface area contributed by atoms with E-state index in [1.807, 2.05) is 0 Å². The lowest BCUT2D eigenvalue weighted by Crippen LogP contribution is -2.20. The lowest BCUT2D eigenvalue weighted by Gasteiger charge is -2.15. The molecular weight excluding hydrogens is 812 g/mol. The first-order valence-electron chi connectivity index (χ1n) is 14.6. The lowest BCUT2D eigenvalue weighted by atomic mass is 9.91. The van der Waals surface area contributed by atoms with E-state index in [4.69, 9.17) is 0 Å². The SMILES string of the molecule is N#CC(C#N)=C1C(c2cc(OC(F)(F)F)cc(OC(F)(F)F)n2)=C(C#N)c2cc3c(cc21)C(C#N)=C(c1cc(OC(F)(F)F)cc(OC(F)(F)F)n1)C3=C(C#N)C#N. The van der Waals surface area contributed by atoms with Crippen LogP contribution in [0.5, 0.6) is 23.3 Å². The number of fused-ring (bicyclic) bond motifs is 2. The predicted molar refractivity (Wildman–Crippen MR) is 163 cm³/mol. The maximum absolute atomic E-state index is 13.2. The van der Waals surface area contributed by atoms with Gasteiger partial charge in [-0.05, 0) is 23.3 Å². The van der Waals surface area contributed by atoms with E-state index in [1.54, 1.807) is 12.1 Å². The summed E-state index contributed by atoms with van der Waals surface area (Å²) in [7, 11) is 0. The van der Waals surface area contributed by atoms with E-state index >= 15 is 0 Å². The third-order valence-electron chi connectivity index (χ3n) is 7.38. The summed E-state index contributed by atoms with van der Waals surface area (Å²) in [6.07, 6.45) is -22.2. The van der Waals surface area contributed by atoms with Crippen molar-refractivity contribution in [1.29, 1.82) is 31.6 Å². The molecule has 24 heteroatoms. The van der Waals surface area contributed by atoms with Crippen molar-refractivity contribution < 1.29 is 71.6 Å². The molecular formula is C34H6F12N8O4. The van der Waals surface area contributed by atoms with Gasteiger partial charge in [0.25, 0.3) is 0 Å². The zero-order valence-corrected chi connectivity index (χ0v) is 27.2. The maximum atomic E-state index is 13.2. The minimum absolute atomic E-state index is 0.0639. The molecule has 290 valence electrons. The molecule has 12 nitrogen and oxygen atoms in total. The molecule has 0 saturated heterocycles. The lowest BCUT2D eigenvalue weighted by molar-refractivity contribution is -0.279. The van der Waals surface area contributed by atoms with Crippen LogP contribution in [0.1, 0.15) is 33.6 Å². The first-order chi connectivity index (χ1) is 26.9. The van der Waals surface area contributed by atoms with Gasteiger partial charge in [0.2, 0.25) is 11.8 Å². The molecule has 0 spiro atoms. The van der Waals surface area contributed by atoms with Crippen LogP contribution in [-0.4, -0.2) is 35.4 Å². The molecule has 5 rings (SSSR count). The Hall–Kier alpha value is -8.22. The molecule has 0 aliphatic heterocycles. The van der Waals surface area contributed by atoms with Crippen molar-refractivity contribution in [2.75, 3.05) is 0 Å². The van der Waals surface area contributed by atoms with Gasteiger partial charge in [-0.25, -0.2) is 9.97 Å². The van der Waals surface area contributed by atoms with Crippen molar-refractivity contribution in [3.8, 4) is 59.7 Å². The quantitative estimate of drug-likeness (QED) is 0.169. The smallest absolute Gasteiger partial charge is 0.406 e. The number of aromatic nitrogens is 2. The highest BCUT2D eigenvalue weighted by Gasteiger charge is 2.41. The molecule has 2 heterocycles. The molecule has 0 N–H and O–H groups in total. The van der Waals surface area contributed by atoms with E-state index in [0.29, 0.717) is 12.1 Å². The van der Waals surface area contributed by atoms with Gasteiger partial charge in [0, 0.05) is 57.7 Å². The molecule has 0 amide bonds. The van der Waals surface area contributed by atoms with Gasteiger partial charge in [-0.15, -0.1) is 52.7 Å². The fourth-order valence-corrected chi connectivity index (χ4v) is 5.70. The van der Waals surface area contributed by atoms with Crippen LogP contribution < -0.4 is 18.9 Å². The number of hydrogen-bond donors (Lipinski definition) is 0. The van der Waals surface area contributed by atoms with Gasteiger partial charge >= 0.3 is 25.4 Å². The Balaban J connectivity index is 1.89.